The van der Waals surface area contributed by atoms with E-state index in [0.29, 0.717) is 0 Å². The molecule has 41 heavy (non-hydrogen) atoms. The molecule has 0 aliphatic carbocycles. The summed E-state index contributed by atoms with van der Waals surface area (Å²) < 4.78 is 9.55. The van der Waals surface area contributed by atoms with Gasteiger partial charge < -0.3 is 9.80 Å². The summed E-state index contributed by atoms with van der Waals surface area (Å²) in [6.45, 7) is 0. The van der Waals surface area contributed by atoms with Gasteiger partial charge in [0.15, 0.2) is 0 Å². The van der Waals surface area contributed by atoms with E-state index in [1.807, 2.05) is 24.3 Å². The van der Waals surface area contributed by atoms with Crippen LogP contribution in [-0.2, 0) is 0 Å². The number of aromatic nitrogens is 2. The van der Waals surface area contributed by atoms with Gasteiger partial charge in [-0.25, -0.2) is 0 Å². The molecule has 0 saturated carbocycles. The molecule has 7 rings (SSSR count). The van der Waals surface area contributed by atoms with Crippen LogP contribution in [0.4, 0.5) is 34.1 Å². The minimum Gasteiger partial charge on any atom is -0.311 e. The first-order valence-corrected chi connectivity index (χ1v) is 14.3. The first kappa shape index (κ1) is 24.8. The van der Waals surface area contributed by atoms with Gasteiger partial charge in [-0.05, 0) is 78.4 Å². The van der Waals surface area contributed by atoms with Crippen molar-refractivity contribution < 1.29 is 0 Å². The van der Waals surface area contributed by atoms with Gasteiger partial charge in [-0.3, -0.25) is 0 Å². The molecular formula is C36H26N4S. The first-order valence-electron chi connectivity index (χ1n) is 13.5. The SMILES string of the molecule is c1ccc(N(c2ccccc2)c2ccc(-c3ccc(N(c4ccccc4)c4ccccc4)c4nsnc34)cc2)cc1. The smallest absolute Gasteiger partial charge is 0.129 e. The standard InChI is InChI=1S/C36H26N4S/c1-5-13-28(14-6-1)39(29-15-7-2-8-16-29)32-23-21-27(22-24-32)33-25-26-34(36-35(33)37-41-38-36)40(30-17-9-3-10-18-30)31-19-11-4-12-20-31/h1-26H. The zero-order chi connectivity index (χ0) is 27.4. The largest absolute Gasteiger partial charge is 0.311 e. The number of nitrogens with zero attached hydrogens (tertiary/aromatic N) is 4. The van der Waals surface area contributed by atoms with Crippen LogP contribution in [0.1, 0.15) is 0 Å². The molecule has 0 aliphatic rings. The minimum atomic E-state index is 0.888. The Hall–Kier alpha value is -5.26. The summed E-state index contributed by atoms with van der Waals surface area (Å²) in [7, 11) is 0. The van der Waals surface area contributed by atoms with Gasteiger partial charge in [-0.15, -0.1) is 0 Å². The Labute approximate surface area is 243 Å². The Bertz CT molecular complexity index is 1790. The van der Waals surface area contributed by atoms with Gasteiger partial charge in [0.05, 0.1) is 17.4 Å². The molecule has 0 fully saturated rings. The van der Waals surface area contributed by atoms with Crippen molar-refractivity contribution in [2.45, 2.75) is 0 Å². The second-order valence-corrected chi connectivity index (χ2v) is 10.2. The number of hydrogen-bond donors (Lipinski definition) is 0. The lowest BCUT2D eigenvalue weighted by atomic mass is 10.0. The van der Waals surface area contributed by atoms with Crippen LogP contribution < -0.4 is 9.80 Å². The topological polar surface area (TPSA) is 32.3 Å². The summed E-state index contributed by atoms with van der Waals surface area (Å²) in [5.74, 6) is 0. The highest BCUT2D eigenvalue weighted by molar-refractivity contribution is 7.00. The van der Waals surface area contributed by atoms with E-state index in [4.69, 9.17) is 8.75 Å². The summed E-state index contributed by atoms with van der Waals surface area (Å²) in [6, 6.07) is 54.7. The highest BCUT2D eigenvalue weighted by Crippen LogP contribution is 2.42. The molecule has 7 aromatic rings. The number of rotatable bonds is 7. The lowest BCUT2D eigenvalue weighted by Gasteiger charge is -2.26. The maximum atomic E-state index is 4.78. The Morgan fingerprint density at radius 1 is 0.366 bits per heavy atom. The minimum absolute atomic E-state index is 0.888. The zero-order valence-corrected chi connectivity index (χ0v) is 23.0. The third-order valence-corrected chi connectivity index (χ3v) is 7.66. The van der Waals surface area contributed by atoms with Crippen LogP contribution in [0.25, 0.3) is 22.2 Å². The normalized spacial score (nSPS) is 10.9. The van der Waals surface area contributed by atoms with Gasteiger partial charge in [-0.2, -0.15) is 8.75 Å². The van der Waals surface area contributed by atoms with Gasteiger partial charge >= 0.3 is 0 Å². The summed E-state index contributed by atoms with van der Waals surface area (Å²) in [5.41, 5.74) is 10.4. The third kappa shape index (κ3) is 4.84. The van der Waals surface area contributed by atoms with Crippen molar-refractivity contribution in [1.29, 1.82) is 0 Å². The number of fused-ring (bicyclic) bond motifs is 1. The van der Waals surface area contributed by atoms with Gasteiger partial charge in [0, 0.05) is 34.0 Å². The molecule has 0 N–H and O–H groups in total. The average molecular weight is 547 g/mol. The molecule has 1 heterocycles. The molecule has 0 saturated heterocycles. The molecule has 0 radical (unpaired) electrons. The van der Waals surface area contributed by atoms with Gasteiger partial charge in [0.2, 0.25) is 0 Å². The maximum Gasteiger partial charge on any atom is 0.129 e. The fourth-order valence-electron chi connectivity index (χ4n) is 5.24. The highest BCUT2D eigenvalue weighted by Gasteiger charge is 2.20. The van der Waals surface area contributed by atoms with Crippen molar-refractivity contribution >= 4 is 56.9 Å². The Morgan fingerprint density at radius 3 is 1.27 bits per heavy atom. The summed E-state index contributed by atoms with van der Waals surface area (Å²) in [6.07, 6.45) is 0. The number of hydrogen-bond acceptors (Lipinski definition) is 5. The molecule has 1 aromatic heterocycles. The van der Waals surface area contributed by atoms with Crippen molar-refractivity contribution in [2.75, 3.05) is 9.80 Å². The lowest BCUT2D eigenvalue weighted by molar-refractivity contribution is 1.28. The lowest BCUT2D eigenvalue weighted by Crippen LogP contribution is -2.10. The van der Waals surface area contributed by atoms with Crippen LogP contribution in [0.3, 0.4) is 0 Å². The number of benzene rings is 6. The van der Waals surface area contributed by atoms with Crippen LogP contribution in [0.15, 0.2) is 158 Å². The van der Waals surface area contributed by atoms with E-state index >= 15 is 0 Å². The quantitative estimate of drug-likeness (QED) is 0.199. The molecule has 0 amide bonds. The van der Waals surface area contributed by atoms with Crippen LogP contribution in [-0.4, -0.2) is 8.75 Å². The van der Waals surface area contributed by atoms with Gasteiger partial charge in [-0.1, -0.05) is 84.9 Å². The van der Waals surface area contributed by atoms with Crippen LogP contribution in [0.2, 0.25) is 0 Å². The molecule has 0 unspecified atom stereocenters. The van der Waals surface area contributed by atoms with Crippen molar-refractivity contribution in [2.24, 2.45) is 0 Å². The molecule has 6 aromatic carbocycles. The molecular weight excluding hydrogens is 520 g/mol. The fourth-order valence-corrected chi connectivity index (χ4v) is 5.81. The maximum absolute atomic E-state index is 4.78. The van der Waals surface area contributed by atoms with E-state index < -0.39 is 0 Å². The predicted molar refractivity (Wildman–Crippen MR) is 172 cm³/mol. The third-order valence-electron chi connectivity index (χ3n) is 7.13. The molecule has 0 bridgehead atoms. The fraction of sp³-hybridized carbons (Fsp3) is 0. The van der Waals surface area contributed by atoms with E-state index in [-0.39, 0.29) is 0 Å². The van der Waals surface area contributed by atoms with E-state index in [9.17, 15) is 0 Å². The molecule has 5 heteroatoms. The zero-order valence-electron chi connectivity index (χ0n) is 22.2. The average Bonchev–Trinajstić information content (AvgIpc) is 3.55. The van der Waals surface area contributed by atoms with Crippen LogP contribution in [0.5, 0.6) is 0 Å². The second-order valence-electron chi connectivity index (χ2n) is 9.65. The Kier molecular flexibility index (Phi) is 6.69. The van der Waals surface area contributed by atoms with E-state index in [1.165, 1.54) is 11.7 Å². The van der Waals surface area contributed by atoms with Gasteiger partial charge in [0.1, 0.15) is 11.0 Å². The van der Waals surface area contributed by atoms with E-state index in [2.05, 4.69) is 143 Å². The Balaban J connectivity index is 1.30. The second kappa shape index (κ2) is 11.1. The first-order chi connectivity index (χ1) is 20.4. The monoisotopic (exact) mass is 546 g/mol. The van der Waals surface area contributed by atoms with Crippen molar-refractivity contribution in [3.63, 3.8) is 0 Å². The number of anilines is 6. The summed E-state index contributed by atoms with van der Waals surface area (Å²) in [4.78, 5) is 4.51. The van der Waals surface area contributed by atoms with E-state index in [1.54, 1.807) is 0 Å². The molecule has 0 aliphatic heterocycles. The summed E-state index contributed by atoms with van der Waals surface area (Å²) >= 11 is 1.25. The molecule has 0 spiro atoms. The molecule has 0 atom stereocenters. The molecule has 196 valence electrons. The van der Waals surface area contributed by atoms with Crippen LogP contribution in [0, 0.1) is 0 Å². The van der Waals surface area contributed by atoms with Crippen molar-refractivity contribution in [1.82, 2.24) is 8.75 Å². The van der Waals surface area contributed by atoms with Gasteiger partial charge in [0.25, 0.3) is 0 Å². The van der Waals surface area contributed by atoms with E-state index in [0.717, 1.165) is 56.3 Å². The predicted octanol–water partition coefficient (Wildman–Crippen LogP) is 10.3. The van der Waals surface area contributed by atoms with Crippen LogP contribution >= 0.6 is 11.7 Å². The summed E-state index contributed by atoms with van der Waals surface area (Å²) in [5, 5.41) is 0. The van der Waals surface area contributed by atoms with Crippen molar-refractivity contribution in [3.05, 3.63) is 158 Å². The Morgan fingerprint density at radius 2 is 0.780 bits per heavy atom. The molecule has 4 nitrogen and oxygen atoms in total. The number of para-hydroxylation sites is 4. The van der Waals surface area contributed by atoms with Crippen molar-refractivity contribution in [3.8, 4) is 11.1 Å². The highest BCUT2D eigenvalue weighted by atomic mass is 32.1.